The highest BCUT2D eigenvalue weighted by Crippen LogP contribution is 2.60. The first kappa shape index (κ1) is 23.8. The third kappa shape index (κ3) is 4.64. The van der Waals surface area contributed by atoms with Crippen molar-refractivity contribution in [2.75, 3.05) is 0 Å². The zero-order chi connectivity index (χ0) is 22.9. The molecule has 0 N–H and O–H groups in total. The molecule has 3 aliphatic carbocycles. The van der Waals surface area contributed by atoms with Crippen molar-refractivity contribution in [3.8, 4) is 0 Å². The van der Waals surface area contributed by atoms with Crippen molar-refractivity contribution in [2.24, 2.45) is 34.2 Å². The quantitative estimate of drug-likeness (QED) is 0.379. The Morgan fingerprint density at radius 2 is 2.00 bits per heavy atom. The smallest absolute Gasteiger partial charge is 0.165 e. The van der Waals surface area contributed by atoms with Gasteiger partial charge in [0, 0.05) is 19.3 Å². The van der Waals surface area contributed by atoms with Gasteiger partial charge in [0.2, 0.25) is 0 Å². The number of nitrogens with zero attached hydrogens (tertiary/aromatic N) is 1. The average molecular weight is 440 g/mol. The monoisotopic (exact) mass is 439 g/mol. The lowest BCUT2D eigenvalue weighted by molar-refractivity contribution is -0.117. The number of allylic oxidation sites excluding steroid dienone is 3. The summed E-state index contributed by atoms with van der Waals surface area (Å²) in [6.45, 7) is 11.9. The van der Waals surface area contributed by atoms with Gasteiger partial charge in [-0.1, -0.05) is 63.8 Å². The summed E-state index contributed by atoms with van der Waals surface area (Å²) in [5.41, 5.74) is 3.98. The van der Waals surface area contributed by atoms with Crippen LogP contribution in [0.2, 0.25) is 0 Å². The number of oxime groups is 1. The molecule has 32 heavy (non-hydrogen) atoms. The van der Waals surface area contributed by atoms with Gasteiger partial charge in [-0.25, -0.2) is 0 Å². The van der Waals surface area contributed by atoms with Crippen LogP contribution in [-0.4, -0.2) is 17.1 Å². The van der Waals surface area contributed by atoms with Crippen LogP contribution in [0, 0.1) is 29.1 Å². The second kappa shape index (κ2) is 9.47. The van der Waals surface area contributed by atoms with Crippen LogP contribution in [0.25, 0.3) is 0 Å². The topological polar surface area (TPSA) is 38.7 Å². The molecule has 0 bridgehead atoms. The van der Waals surface area contributed by atoms with Crippen molar-refractivity contribution in [1.82, 2.24) is 0 Å². The molecule has 0 aromatic heterocycles. The van der Waals surface area contributed by atoms with E-state index in [0.29, 0.717) is 11.8 Å². The number of hydrogen-bond donors (Lipinski definition) is 0. The number of hydrogen-bond acceptors (Lipinski definition) is 3. The summed E-state index contributed by atoms with van der Waals surface area (Å²) in [4.78, 5) is 18.2. The van der Waals surface area contributed by atoms with Gasteiger partial charge in [-0.15, -0.1) is 0 Å². The first-order valence-electron chi connectivity index (χ1n) is 13.4. The first-order chi connectivity index (χ1) is 15.2. The lowest BCUT2D eigenvalue weighted by atomic mass is 9.60. The normalized spacial score (nSPS) is 36.9. The van der Waals surface area contributed by atoms with Crippen LogP contribution in [0.15, 0.2) is 28.5 Å². The maximum atomic E-state index is 12.2. The zero-order valence-corrected chi connectivity index (χ0v) is 21.2. The van der Waals surface area contributed by atoms with E-state index in [1.807, 2.05) is 13.0 Å². The Kier molecular flexibility index (Phi) is 7.03. The van der Waals surface area contributed by atoms with Crippen LogP contribution in [0.4, 0.5) is 0 Å². The molecule has 0 unspecified atom stereocenters. The lowest BCUT2D eigenvalue weighted by Crippen LogP contribution is -2.37. The Morgan fingerprint density at radius 1 is 1.19 bits per heavy atom. The van der Waals surface area contributed by atoms with Gasteiger partial charge < -0.3 is 4.84 Å². The van der Waals surface area contributed by atoms with E-state index in [1.165, 1.54) is 51.4 Å². The SMILES string of the molecule is CC1=NO[C@@]2(CCC(=O)C=C2C/C=C2\CCC[C@]3(C)[C@@H]([C@H](C)CCCC(C)C)CC[C@@H]23)C1. The van der Waals surface area contributed by atoms with Gasteiger partial charge in [0.05, 0.1) is 5.71 Å². The van der Waals surface area contributed by atoms with Crippen LogP contribution >= 0.6 is 0 Å². The molecule has 1 spiro atoms. The van der Waals surface area contributed by atoms with Gasteiger partial charge in [0.15, 0.2) is 11.4 Å². The minimum Gasteiger partial charge on any atom is -0.384 e. The molecule has 1 heterocycles. The van der Waals surface area contributed by atoms with Gasteiger partial charge in [-0.05, 0) is 86.2 Å². The summed E-state index contributed by atoms with van der Waals surface area (Å²) in [5.74, 6) is 3.49. The molecule has 0 radical (unpaired) electrons. The molecule has 2 fully saturated rings. The van der Waals surface area contributed by atoms with Crippen molar-refractivity contribution in [2.45, 2.75) is 117 Å². The zero-order valence-electron chi connectivity index (χ0n) is 21.2. The highest BCUT2D eigenvalue weighted by atomic mass is 16.7. The average Bonchev–Trinajstić information content (AvgIpc) is 3.29. The minimum absolute atomic E-state index is 0.252. The number of fused-ring (bicyclic) bond motifs is 1. The van der Waals surface area contributed by atoms with E-state index >= 15 is 0 Å². The Hall–Kier alpha value is -1.38. The first-order valence-corrected chi connectivity index (χ1v) is 13.4. The largest absolute Gasteiger partial charge is 0.384 e. The number of ketones is 1. The number of carbonyl (C=O) groups is 1. The summed E-state index contributed by atoms with van der Waals surface area (Å²) in [7, 11) is 0. The van der Waals surface area contributed by atoms with Crippen LogP contribution < -0.4 is 0 Å². The van der Waals surface area contributed by atoms with Crippen molar-refractivity contribution in [3.05, 3.63) is 23.3 Å². The standard InChI is InChI=1S/C29H45NO2/c1-20(2)8-6-9-21(3)26-13-14-27-23(10-7-16-28(26,27)5)11-12-24-18-25(31)15-17-29(24)19-22(4)30-32-29/h11,18,20-21,26-27H,6-10,12-17,19H2,1-5H3/b23-11+/t21-,26-,27+,28-,29+/m1/s1. The summed E-state index contributed by atoms with van der Waals surface area (Å²) in [5, 5.41) is 4.26. The molecule has 5 atom stereocenters. The van der Waals surface area contributed by atoms with E-state index in [4.69, 9.17) is 4.84 Å². The summed E-state index contributed by atoms with van der Waals surface area (Å²) in [6.07, 6.45) is 18.2. The van der Waals surface area contributed by atoms with Crippen LogP contribution in [0.5, 0.6) is 0 Å². The van der Waals surface area contributed by atoms with E-state index in [2.05, 4.69) is 38.9 Å². The molecule has 2 saturated carbocycles. The third-order valence-electron chi connectivity index (χ3n) is 9.36. The molecular formula is C29H45NO2. The molecule has 0 amide bonds. The maximum absolute atomic E-state index is 12.2. The Balaban J connectivity index is 1.46. The Labute approximate surface area is 196 Å². The van der Waals surface area contributed by atoms with Crippen molar-refractivity contribution in [3.63, 3.8) is 0 Å². The summed E-state index contributed by atoms with van der Waals surface area (Å²) in [6, 6.07) is 0. The fourth-order valence-electron chi connectivity index (χ4n) is 7.63. The molecule has 178 valence electrons. The molecule has 3 heteroatoms. The number of rotatable bonds is 7. The molecule has 4 rings (SSSR count). The molecule has 0 aromatic rings. The van der Waals surface area contributed by atoms with Gasteiger partial charge in [0.25, 0.3) is 0 Å². The van der Waals surface area contributed by atoms with Gasteiger partial charge in [-0.3, -0.25) is 4.79 Å². The molecule has 0 saturated heterocycles. The van der Waals surface area contributed by atoms with Crippen LogP contribution in [0.3, 0.4) is 0 Å². The van der Waals surface area contributed by atoms with Gasteiger partial charge in [-0.2, -0.15) is 0 Å². The van der Waals surface area contributed by atoms with E-state index in [0.717, 1.165) is 54.2 Å². The minimum atomic E-state index is -0.351. The van der Waals surface area contributed by atoms with Gasteiger partial charge >= 0.3 is 0 Å². The third-order valence-corrected chi connectivity index (χ3v) is 9.36. The summed E-state index contributed by atoms with van der Waals surface area (Å²) < 4.78 is 0. The van der Waals surface area contributed by atoms with E-state index in [9.17, 15) is 4.79 Å². The van der Waals surface area contributed by atoms with E-state index in [1.54, 1.807) is 5.57 Å². The molecule has 0 aromatic carbocycles. The maximum Gasteiger partial charge on any atom is 0.165 e. The predicted octanol–water partition coefficient (Wildman–Crippen LogP) is 7.81. The van der Waals surface area contributed by atoms with Crippen LogP contribution in [-0.2, 0) is 9.63 Å². The molecule has 4 aliphatic rings. The molecule has 3 nitrogen and oxygen atoms in total. The Bertz CT molecular complexity index is 806. The van der Waals surface area contributed by atoms with Crippen LogP contribution in [0.1, 0.15) is 112 Å². The van der Waals surface area contributed by atoms with Gasteiger partial charge in [0.1, 0.15) is 0 Å². The highest BCUT2D eigenvalue weighted by Gasteiger charge is 2.50. The molecule has 1 aliphatic heterocycles. The van der Waals surface area contributed by atoms with E-state index in [-0.39, 0.29) is 11.4 Å². The van der Waals surface area contributed by atoms with Crippen molar-refractivity contribution < 1.29 is 9.63 Å². The fraction of sp³-hybridized carbons (Fsp3) is 0.793. The van der Waals surface area contributed by atoms with Crippen molar-refractivity contribution in [1.29, 1.82) is 0 Å². The van der Waals surface area contributed by atoms with Crippen molar-refractivity contribution >= 4 is 11.5 Å². The summed E-state index contributed by atoms with van der Waals surface area (Å²) >= 11 is 0. The second-order valence-electron chi connectivity index (χ2n) is 12.1. The highest BCUT2D eigenvalue weighted by molar-refractivity contribution is 5.93. The predicted molar refractivity (Wildman–Crippen MR) is 133 cm³/mol. The molecular weight excluding hydrogens is 394 g/mol. The number of carbonyl (C=O) groups excluding carboxylic acids is 1. The van der Waals surface area contributed by atoms with E-state index < -0.39 is 0 Å². The Morgan fingerprint density at radius 3 is 2.72 bits per heavy atom. The second-order valence-corrected chi connectivity index (χ2v) is 12.1. The lowest BCUT2D eigenvalue weighted by Gasteiger charge is -2.44. The fourth-order valence-corrected chi connectivity index (χ4v) is 7.63.